The van der Waals surface area contributed by atoms with Crippen molar-refractivity contribution in [2.75, 3.05) is 0 Å². The molecule has 1 heterocycles. The van der Waals surface area contributed by atoms with Crippen LogP contribution in [-0.2, 0) is 0 Å². The van der Waals surface area contributed by atoms with E-state index in [0.29, 0.717) is 5.02 Å². The summed E-state index contributed by atoms with van der Waals surface area (Å²) in [6.07, 6.45) is 0. The van der Waals surface area contributed by atoms with Gasteiger partial charge in [0.2, 0.25) is 0 Å². The lowest BCUT2D eigenvalue weighted by atomic mass is 10.1. The summed E-state index contributed by atoms with van der Waals surface area (Å²) in [5, 5.41) is 0.715. The first kappa shape index (κ1) is 16.1. The van der Waals surface area contributed by atoms with E-state index in [-0.39, 0.29) is 0 Å². The van der Waals surface area contributed by atoms with Crippen LogP contribution in [0, 0.1) is 0 Å². The number of H-pyrrole nitrogens is 1. The maximum atomic E-state index is 6.01. The molecule has 122 valence electrons. The number of imidazole rings is 1. The molecule has 0 spiro atoms. The van der Waals surface area contributed by atoms with Gasteiger partial charge in [-0.2, -0.15) is 0 Å². The molecular weight excluding hydrogens is 396 g/mol. The minimum absolute atomic E-state index is 0.715. The van der Waals surface area contributed by atoms with Gasteiger partial charge < -0.3 is 4.98 Å². The first-order valence-corrected chi connectivity index (χ1v) is 9.05. The summed E-state index contributed by atoms with van der Waals surface area (Å²) in [6.45, 7) is 0. The lowest BCUT2D eigenvalue weighted by Crippen LogP contribution is -1.83. The molecule has 2 nitrogen and oxygen atoms in total. The van der Waals surface area contributed by atoms with E-state index in [1.165, 1.54) is 0 Å². The second kappa shape index (κ2) is 6.87. The van der Waals surface area contributed by atoms with Gasteiger partial charge in [-0.05, 0) is 36.4 Å². The fraction of sp³-hybridized carbons (Fsp3) is 0. The molecule has 4 heteroatoms. The smallest absolute Gasteiger partial charge is 0.138 e. The molecule has 25 heavy (non-hydrogen) atoms. The second-order valence-electron chi connectivity index (χ2n) is 5.69. The summed E-state index contributed by atoms with van der Waals surface area (Å²) in [5.74, 6) is 0.827. The number of nitrogens with zero attached hydrogens (tertiary/aromatic N) is 1. The molecule has 0 atom stereocenters. The third kappa shape index (κ3) is 3.39. The summed E-state index contributed by atoms with van der Waals surface area (Å²) in [7, 11) is 0. The van der Waals surface area contributed by atoms with Crippen LogP contribution in [0.1, 0.15) is 0 Å². The van der Waals surface area contributed by atoms with Gasteiger partial charge >= 0.3 is 0 Å². The van der Waals surface area contributed by atoms with Crippen molar-refractivity contribution in [1.29, 1.82) is 0 Å². The van der Waals surface area contributed by atoms with Crippen LogP contribution in [0.2, 0.25) is 5.02 Å². The van der Waals surface area contributed by atoms with E-state index in [1.807, 2.05) is 54.6 Å². The van der Waals surface area contributed by atoms with E-state index in [2.05, 4.69) is 45.2 Å². The van der Waals surface area contributed by atoms with Crippen LogP contribution in [0.4, 0.5) is 0 Å². The summed E-state index contributed by atoms with van der Waals surface area (Å²) in [5.41, 5.74) is 5.12. The Bertz CT molecular complexity index is 991. The van der Waals surface area contributed by atoms with Crippen molar-refractivity contribution in [1.82, 2.24) is 9.97 Å². The van der Waals surface area contributed by atoms with E-state index in [9.17, 15) is 0 Å². The minimum atomic E-state index is 0.715. The molecule has 0 radical (unpaired) electrons. The van der Waals surface area contributed by atoms with Crippen molar-refractivity contribution in [3.8, 4) is 33.9 Å². The van der Waals surface area contributed by atoms with E-state index >= 15 is 0 Å². The fourth-order valence-electron chi connectivity index (χ4n) is 2.75. The van der Waals surface area contributed by atoms with Crippen molar-refractivity contribution in [3.05, 3.63) is 88.4 Å². The average Bonchev–Trinajstić information content (AvgIpc) is 3.09. The van der Waals surface area contributed by atoms with Gasteiger partial charge in [0.15, 0.2) is 0 Å². The quantitative estimate of drug-likeness (QED) is 0.395. The van der Waals surface area contributed by atoms with Gasteiger partial charge in [0.25, 0.3) is 0 Å². The summed E-state index contributed by atoms with van der Waals surface area (Å²) in [4.78, 5) is 8.35. The van der Waals surface area contributed by atoms with Crippen LogP contribution in [0.15, 0.2) is 83.3 Å². The van der Waals surface area contributed by atoms with Crippen molar-refractivity contribution in [3.63, 3.8) is 0 Å². The Kier molecular flexibility index (Phi) is 4.43. The molecule has 0 aliphatic heterocycles. The third-order valence-electron chi connectivity index (χ3n) is 4.00. The maximum Gasteiger partial charge on any atom is 0.138 e. The molecule has 0 unspecified atom stereocenters. The molecule has 0 bridgehead atoms. The molecule has 1 N–H and O–H groups in total. The van der Waals surface area contributed by atoms with Crippen LogP contribution < -0.4 is 0 Å². The molecule has 4 rings (SSSR count). The normalized spacial score (nSPS) is 10.8. The number of hydrogen-bond donors (Lipinski definition) is 1. The molecule has 0 aliphatic carbocycles. The van der Waals surface area contributed by atoms with E-state index < -0.39 is 0 Å². The Hall–Kier alpha value is -2.36. The zero-order chi connectivity index (χ0) is 17.2. The van der Waals surface area contributed by atoms with Gasteiger partial charge in [-0.3, -0.25) is 0 Å². The molecule has 1 aromatic heterocycles. The molecular formula is C21H14BrClN2. The lowest BCUT2D eigenvalue weighted by molar-refractivity contribution is 1.31. The molecule has 0 amide bonds. The summed E-state index contributed by atoms with van der Waals surface area (Å²) >= 11 is 9.50. The van der Waals surface area contributed by atoms with Crippen LogP contribution in [-0.4, -0.2) is 9.97 Å². The Balaban J connectivity index is 1.89. The number of aromatic amines is 1. The second-order valence-corrected chi connectivity index (χ2v) is 7.04. The largest absolute Gasteiger partial charge is 0.337 e. The first-order valence-electron chi connectivity index (χ1n) is 7.88. The van der Waals surface area contributed by atoms with Gasteiger partial charge in [-0.15, -0.1) is 0 Å². The number of nitrogens with one attached hydrogen (secondary N) is 1. The highest BCUT2D eigenvalue weighted by Gasteiger charge is 2.15. The maximum absolute atomic E-state index is 6.01. The minimum Gasteiger partial charge on any atom is -0.337 e. The molecule has 0 aliphatic rings. The average molecular weight is 410 g/mol. The number of hydrogen-bond acceptors (Lipinski definition) is 1. The van der Waals surface area contributed by atoms with Gasteiger partial charge in [0, 0.05) is 26.2 Å². The highest BCUT2D eigenvalue weighted by molar-refractivity contribution is 9.10. The van der Waals surface area contributed by atoms with Gasteiger partial charge in [0.1, 0.15) is 5.82 Å². The first-order chi connectivity index (χ1) is 12.2. The van der Waals surface area contributed by atoms with Crippen LogP contribution in [0.3, 0.4) is 0 Å². The Morgan fingerprint density at radius 2 is 1.36 bits per heavy atom. The number of halogens is 2. The van der Waals surface area contributed by atoms with Gasteiger partial charge in [-0.25, -0.2) is 4.98 Å². The highest BCUT2D eigenvalue weighted by atomic mass is 79.9. The lowest BCUT2D eigenvalue weighted by Gasteiger charge is -2.03. The fourth-order valence-corrected chi connectivity index (χ4v) is 3.14. The summed E-state index contributed by atoms with van der Waals surface area (Å²) < 4.78 is 1.05. The number of aromatic nitrogens is 2. The molecule has 0 saturated heterocycles. The van der Waals surface area contributed by atoms with E-state index in [1.54, 1.807) is 0 Å². The standard InChI is InChI=1S/C21H14BrClN2/c22-17-10-6-15(7-11-17)20-19(14-4-2-1-3-5-14)24-21(25-20)16-8-12-18(23)13-9-16/h1-13H,(H,24,25). The SMILES string of the molecule is Clc1ccc(-c2nc(-c3ccccc3)c(-c3ccc(Br)cc3)[nH]2)cc1. The zero-order valence-electron chi connectivity index (χ0n) is 13.2. The topological polar surface area (TPSA) is 28.7 Å². The van der Waals surface area contributed by atoms with Crippen LogP contribution in [0.5, 0.6) is 0 Å². The van der Waals surface area contributed by atoms with Crippen LogP contribution >= 0.6 is 27.5 Å². The molecule has 0 fully saturated rings. The van der Waals surface area contributed by atoms with Crippen molar-refractivity contribution >= 4 is 27.5 Å². The Labute approximate surface area is 159 Å². The molecule has 0 saturated carbocycles. The number of benzene rings is 3. The molecule has 4 aromatic rings. The van der Waals surface area contributed by atoms with Gasteiger partial charge in [0.05, 0.1) is 11.4 Å². The van der Waals surface area contributed by atoms with Gasteiger partial charge in [-0.1, -0.05) is 70.0 Å². The van der Waals surface area contributed by atoms with E-state index in [0.717, 1.165) is 38.4 Å². The Morgan fingerprint density at radius 3 is 2.04 bits per heavy atom. The predicted octanol–water partition coefficient (Wildman–Crippen LogP) is 6.83. The third-order valence-corrected chi connectivity index (χ3v) is 4.78. The Morgan fingerprint density at radius 1 is 0.720 bits per heavy atom. The summed E-state index contributed by atoms with van der Waals surface area (Å²) in [6, 6.07) is 26.1. The predicted molar refractivity (Wildman–Crippen MR) is 108 cm³/mol. The van der Waals surface area contributed by atoms with Crippen LogP contribution in [0.25, 0.3) is 33.9 Å². The van der Waals surface area contributed by atoms with E-state index in [4.69, 9.17) is 16.6 Å². The monoisotopic (exact) mass is 408 g/mol. The van der Waals surface area contributed by atoms with Crippen molar-refractivity contribution in [2.24, 2.45) is 0 Å². The van der Waals surface area contributed by atoms with Crippen molar-refractivity contribution < 1.29 is 0 Å². The molecule has 3 aromatic carbocycles. The number of rotatable bonds is 3. The highest BCUT2D eigenvalue weighted by Crippen LogP contribution is 2.33. The zero-order valence-corrected chi connectivity index (χ0v) is 15.6. The van der Waals surface area contributed by atoms with Crippen molar-refractivity contribution in [2.45, 2.75) is 0 Å².